The molecule has 0 aromatic carbocycles. The minimum atomic E-state index is -1.26. The van der Waals surface area contributed by atoms with Crippen molar-refractivity contribution < 1.29 is 19.5 Å². The summed E-state index contributed by atoms with van der Waals surface area (Å²) in [5, 5.41) is 13.2. The van der Waals surface area contributed by atoms with Gasteiger partial charge in [0.15, 0.2) is 0 Å². The zero-order chi connectivity index (χ0) is 12.2. The van der Waals surface area contributed by atoms with Crippen LogP contribution in [0.1, 0.15) is 20.8 Å². The summed E-state index contributed by atoms with van der Waals surface area (Å²) in [6.45, 7) is 4.25. The number of aliphatic carboxylic acids is 1. The SMILES string of the molecule is CC(NC(C)(C)C(=O)O)C(=O)NC(N)=O. The summed E-state index contributed by atoms with van der Waals surface area (Å²) in [5.41, 5.74) is 3.48. The van der Waals surface area contributed by atoms with Crippen molar-refractivity contribution in [1.29, 1.82) is 0 Å². The molecule has 7 nitrogen and oxygen atoms in total. The molecule has 5 N–H and O–H groups in total. The molecule has 3 amide bonds. The first-order valence-corrected chi connectivity index (χ1v) is 4.28. The average molecular weight is 217 g/mol. The van der Waals surface area contributed by atoms with Gasteiger partial charge in [0, 0.05) is 0 Å². The van der Waals surface area contributed by atoms with E-state index in [1.54, 1.807) is 0 Å². The van der Waals surface area contributed by atoms with Crippen LogP contribution in [-0.4, -0.2) is 34.6 Å². The Balaban J connectivity index is 4.36. The Morgan fingerprint density at radius 1 is 1.33 bits per heavy atom. The summed E-state index contributed by atoms with van der Waals surface area (Å²) < 4.78 is 0. The van der Waals surface area contributed by atoms with Gasteiger partial charge in [-0.1, -0.05) is 0 Å². The third-order valence-corrected chi connectivity index (χ3v) is 1.75. The number of nitrogens with two attached hydrogens (primary N) is 1. The van der Waals surface area contributed by atoms with Gasteiger partial charge in [-0.05, 0) is 20.8 Å². The molecule has 15 heavy (non-hydrogen) atoms. The van der Waals surface area contributed by atoms with E-state index in [2.05, 4.69) is 5.32 Å². The Morgan fingerprint density at radius 3 is 2.13 bits per heavy atom. The van der Waals surface area contributed by atoms with E-state index in [1.165, 1.54) is 20.8 Å². The number of carbonyl (C=O) groups excluding carboxylic acids is 2. The number of carboxylic acid groups (broad SMARTS) is 1. The van der Waals surface area contributed by atoms with Crippen LogP contribution in [0.5, 0.6) is 0 Å². The second-order valence-electron chi connectivity index (χ2n) is 3.65. The van der Waals surface area contributed by atoms with E-state index in [9.17, 15) is 14.4 Å². The van der Waals surface area contributed by atoms with E-state index < -0.39 is 29.5 Å². The second-order valence-corrected chi connectivity index (χ2v) is 3.65. The molecule has 0 saturated heterocycles. The summed E-state index contributed by atoms with van der Waals surface area (Å²) in [6.07, 6.45) is 0. The van der Waals surface area contributed by atoms with Crippen LogP contribution in [0.4, 0.5) is 4.79 Å². The van der Waals surface area contributed by atoms with Crippen molar-refractivity contribution in [3.8, 4) is 0 Å². The molecule has 1 unspecified atom stereocenters. The maximum atomic E-state index is 11.2. The molecule has 0 saturated carbocycles. The van der Waals surface area contributed by atoms with Crippen LogP contribution >= 0.6 is 0 Å². The molecular formula is C8H15N3O4. The highest BCUT2D eigenvalue weighted by molar-refractivity contribution is 5.96. The number of hydrogen-bond donors (Lipinski definition) is 4. The van der Waals surface area contributed by atoms with Crippen LogP contribution in [0.3, 0.4) is 0 Å². The Bertz CT molecular complexity index is 288. The largest absolute Gasteiger partial charge is 0.480 e. The van der Waals surface area contributed by atoms with E-state index in [4.69, 9.17) is 10.8 Å². The molecule has 0 aliphatic rings. The van der Waals surface area contributed by atoms with Crippen molar-refractivity contribution in [2.75, 3.05) is 0 Å². The molecule has 0 aromatic heterocycles. The topological polar surface area (TPSA) is 122 Å². The summed E-state index contributed by atoms with van der Waals surface area (Å²) in [7, 11) is 0. The fourth-order valence-electron chi connectivity index (χ4n) is 0.898. The number of nitrogens with one attached hydrogen (secondary N) is 2. The van der Waals surface area contributed by atoms with Crippen LogP contribution < -0.4 is 16.4 Å². The third-order valence-electron chi connectivity index (χ3n) is 1.75. The molecule has 0 heterocycles. The molecule has 7 heteroatoms. The maximum absolute atomic E-state index is 11.2. The fourth-order valence-corrected chi connectivity index (χ4v) is 0.898. The monoisotopic (exact) mass is 217 g/mol. The number of rotatable bonds is 4. The zero-order valence-corrected chi connectivity index (χ0v) is 8.83. The highest BCUT2D eigenvalue weighted by atomic mass is 16.4. The number of carboxylic acids is 1. The summed E-state index contributed by atoms with van der Waals surface area (Å²) in [5.74, 6) is -1.77. The molecule has 0 spiro atoms. The minimum absolute atomic E-state index is 0.670. The number of carbonyl (C=O) groups is 3. The molecule has 1 atom stereocenters. The van der Waals surface area contributed by atoms with Crippen LogP contribution in [0.25, 0.3) is 0 Å². The van der Waals surface area contributed by atoms with Crippen LogP contribution in [0, 0.1) is 0 Å². The van der Waals surface area contributed by atoms with Crippen LogP contribution in [-0.2, 0) is 9.59 Å². The Morgan fingerprint density at radius 2 is 1.80 bits per heavy atom. The van der Waals surface area contributed by atoms with Crippen molar-refractivity contribution in [2.24, 2.45) is 5.73 Å². The number of hydrogen-bond acceptors (Lipinski definition) is 4. The first-order valence-electron chi connectivity index (χ1n) is 4.28. The van der Waals surface area contributed by atoms with Crippen molar-refractivity contribution >= 4 is 17.9 Å². The van der Waals surface area contributed by atoms with E-state index in [0.29, 0.717) is 0 Å². The Kier molecular flexibility index (Phi) is 4.22. The van der Waals surface area contributed by atoms with Crippen LogP contribution in [0.2, 0.25) is 0 Å². The van der Waals surface area contributed by atoms with Gasteiger partial charge in [0.05, 0.1) is 6.04 Å². The molecule has 0 radical (unpaired) electrons. The smallest absolute Gasteiger partial charge is 0.323 e. The molecule has 0 rings (SSSR count). The van der Waals surface area contributed by atoms with E-state index in [-0.39, 0.29) is 0 Å². The normalized spacial score (nSPS) is 13.0. The first-order chi connectivity index (χ1) is 6.66. The molecular weight excluding hydrogens is 202 g/mol. The van der Waals surface area contributed by atoms with E-state index in [1.807, 2.05) is 5.32 Å². The van der Waals surface area contributed by atoms with Crippen molar-refractivity contribution in [3.05, 3.63) is 0 Å². The molecule has 0 aliphatic carbocycles. The fraction of sp³-hybridized carbons (Fsp3) is 0.625. The molecule has 0 bridgehead atoms. The predicted molar refractivity (Wildman–Crippen MR) is 52.0 cm³/mol. The van der Waals surface area contributed by atoms with E-state index in [0.717, 1.165) is 0 Å². The van der Waals surface area contributed by atoms with Gasteiger partial charge in [-0.3, -0.25) is 20.2 Å². The lowest BCUT2D eigenvalue weighted by molar-refractivity contribution is -0.144. The van der Waals surface area contributed by atoms with Gasteiger partial charge in [0.1, 0.15) is 5.54 Å². The lowest BCUT2D eigenvalue weighted by atomic mass is 10.0. The number of amides is 3. The maximum Gasteiger partial charge on any atom is 0.323 e. The number of primary amides is 1. The molecule has 0 aromatic rings. The Hall–Kier alpha value is -1.63. The molecule has 0 aliphatic heterocycles. The summed E-state index contributed by atoms with van der Waals surface area (Å²) in [6, 6.07) is -1.80. The lowest BCUT2D eigenvalue weighted by Gasteiger charge is -2.24. The van der Waals surface area contributed by atoms with Gasteiger partial charge in [-0.2, -0.15) is 0 Å². The van der Waals surface area contributed by atoms with E-state index >= 15 is 0 Å². The van der Waals surface area contributed by atoms with Crippen molar-refractivity contribution in [2.45, 2.75) is 32.4 Å². The second kappa shape index (κ2) is 4.74. The predicted octanol–water partition coefficient (Wildman–Crippen LogP) is -0.977. The summed E-state index contributed by atoms with van der Waals surface area (Å²) in [4.78, 5) is 32.3. The molecule has 0 fully saturated rings. The van der Waals surface area contributed by atoms with Gasteiger partial charge in [-0.15, -0.1) is 0 Å². The lowest BCUT2D eigenvalue weighted by Crippen LogP contribution is -2.56. The average Bonchev–Trinajstić information content (AvgIpc) is 2.01. The van der Waals surface area contributed by atoms with Crippen molar-refractivity contribution in [1.82, 2.24) is 10.6 Å². The zero-order valence-electron chi connectivity index (χ0n) is 8.83. The van der Waals surface area contributed by atoms with Gasteiger partial charge >= 0.3 is 12.0 Å². The first kappa shape index (κ1) is 13.4. The molecule has 86 valence electrons. The quantitative estimate of drug-likeness (QED) is 0.482. The third kappa shape index (κ3) is 4.41. The van der Waals surface area contributed by atoms with Crippen LogP contribution in [0.15, 0.2) is 0 Å². The van der Waals surface area contributed by atoms with Crippen molar-refractivity contribution in [3.63, 3.8) is 0 Å². The standard InChI is InChI=1S/C8H15N3O4/c1-4(5(12)10-7(9)15)11-8(2,3)6(13)14/h4,11H,1-3H3,(H,13,14)(H3,9,10,12,15). The highest BCUT2D eigenvalue weighted by Gasteiger charge is 2.30. The summed E-state index contributed by atoms with van der Waals surface area (Å²) >= 11 is 0. The highest BCUT2D eigenvalue weighted by Crippen LogP contribution is 2.03. The number of urea groups is 1. The Labute approximate surface area is 87.0 Å². The van der Waals surface area contributed by atoms with Gasteiger partial charge < -0.3 is 10.8 Å². The van der Waals surface area contributed by atoms with Gasteiger partial charge in [0.25, 0.3) is 0 Å². The number of imide groups is 1. The minimum Gasteiger partial charge on any atom is -0.480 e. The van der Waals surface area contributed by atoms with Gasteiger partial charge in [-0.25, -0.2) is 4.79 Å². The van der Waals surface area contributed by atoms with Gasteiger partial charge in [0.2, 0.25) is 5.91 Å².